The van der Waals surface area contributed by atoms with Crippen LogP contribution in [0.2, 0.25) is 0 Å². The van der Waals surface area contributed by atoms with Crippen molar-refractivity contribution >= 4 is 15.7 Å². The van der Waals surface area contributed by atoms with Gasteiger partial charge in [0.2, 0.25) is 5.91 Å². The van der Waals surface area contributed by atoms with Gasteiger partial charge < -0.3 is 15.4 Å². The number of nitrogens with zero attached hydrogens (tertiary/aromatic N) is 1. The summed E-state index contributed by atoms with van der Waals surface area (Å²) in [5.74, 6) is 0.206. The Bertz CT molecular complexity index is 529. The van der Waals surface area contributed by atoms with Crippen molar-refractivity contribution in [3.8, 4) is 0 Å². The number of nitrogens with one attached hydrogen (secondary N) is 2. The molecule has 24 heavy (non-hydrogen) atoms. The predicted molar refractivity (Wildman–Crippen MR) is 93.7 cm³/mol. The lowest BCUT2D eigenvalue weighted by Crippen LogP contribution is -2.59. The zero-order valence-electron chi connectivity index (χ0n) is 15.0. The highest BCUT2D eigenvalue weighted by Crippen LogP contribution is 2.28. The molecule has 8 heteroatoms. The predicted octanol–water partition coefficient (Wildman–Crippen LogP) is -0.374. The van der Waals surface area contributed by atoms with Crippen molar-refractivity contribution in [3.05, 3.63) is 0 Å². The van der Waals surface area contributed by atoms with Crippen molar-refractivity contribution in [2.75, 3.05) is 52.1 Å². The van der Waals surface area contributed by atoms with Gasteiger partial charge in [0.05, 0.1) is 12.7 Å². The molecular weight excluding hydrogens is 330 g/mol. The Balaban J connectivity index is 1.93. The molecule has 0 aromatic rings. The molecule has 1 atom stereocenters. The molecule has 7 nitrogen and oxygen atoms in total. The number of carbonyl (C=O) groups is 1. The van der Waals surface area contributed by atoms with Crippen molar-refractivity contribution in [2.24, 2.45) is 5.92 Å². The second kappa shape index (κ2) is 8.12. The summed E-state index contributed by atoms with van der Waals surface area (Å²) in [7, 11) is -3.47. The molecule has 0 spiro atoms. The fourth-order valence-electron chi connectivity index (χ4n) is 3.55. The molecule has 2 fully saturated rings. The Morgan fingerprint density at radius 3 is 2.62 bits per heavy atom. The summed E-state index contributed by atoms with van der Waals surface area (Å²) in [4.78, 5) is 15.0. The Hall–Kier alpha value is -0.700. The lowest BCUT2D eigenvalue weighted by atomic mass is 9.95. The summed E-state index contributed by atoms with van der Waals surface area (Å²) in [6.45, 7) is 9.14. The molecular formula is C16H31N3O4S. The fraction of sp³-hybridized carbons (Fsp3) is 0.938. The molecule has 1 unspecified atom stereocenters. The van der Waals surface area contributed by atoms with Gasteiger partial charge in [0, 0.05) is 32.4 Å². The molecule has 2 saturated heterocycles. The first-order chi connectivity index (χ1) is 11.2. The molecule has 2 rings (SSSR count). The molecule has 0 aromatic heterocycles. The minimum atomic E-state index is -3.47. The Morgan fingerprint density at radius 2 is 2.04 bits per heavy atom. The number of ether oxygens (including phenoxy) is 1. The minimum absolute atomic E-state index is 0.0835. The summed E-state index contributed by atoms with van der Waals surface area (Å²) in [5, 5.41) is 5.97. The number of morpholine rings is 1. The van der Waals surface area contributed by atoms with Crippen LogP contribution in [0.3, 0.4) is 0 Å². The van der Waals surface area contributed by atoms with E-state index in [0.717, 1.165) is 19.6 Å². The van der Waals surface area contributed by atoms with Crippen LogP contribution >= 0.6 is 0 Å². The van der Waals surface area contributed by atoms with E-state index < -0.39 is 14.6 Å². The van der Waals surface area contributed by atoms with Crippen molar-refractivity contribution in [1.82, 2.24) is 15.5 Å². The van der Waals surface area contributed by atoms with Crippen molar-refractivity contribution in [2.45, 2.75) is 37.5 Å². The zero-order valence-corrected chi connectivity index (χ0v) is 15.8. The summed E-state index contributed by atoms with van der Waals surface area (Å²) < 4.78 is 28.9. The third kappa shape index (κ3) is 4.68. The number of carbonyl (C=O) groups excluding carboxylic acids is 1. The number of hydrogen-bond acceptors (Lipinski definition) is 6. The summed E-state index contributed by atoms with van der Waals surface area (Å²) >= 11 is 0. The first kappa shape index (κ1) is 19.6. The number of piperidine rings is 1. The second-order valence-corrected chi connectivity index (χ2v) is 9.70. The molecule has 0 aromatic carbocycles. The molecule has 2 aliphatic heterocycles. The lowest BCUT2D eigenvalue weighted by Gasteiger charge is -2.36. The Morgan fingerprint density at radius 1 is 1.38 bits per heavy atom. The number of hydrogen-bond donors (Lipinski definition) is 2. The van der Waals surface area contributed by atoms with Gasteiger partial charge in [-0.05, 0) is 31.8 Å². The van der Waals surface area contributed by atoms with Crippen LogP contribution in [-0.4, -0.2) is 82.2 Å². The highest BCUT2D eigenvalue weighted by Gasteiger charge is 2.48. The van der Waals surface area contributed by atoms with E-state index in [2.05, 4.69) is 29.4 Å². The molecule has 2 N–H and O–H groups in total. The van der Waals surface area contributed by atoms with E-state index >= 15 is 0 Å². The van der Waals surface area contributed by atoms with E-state index in [1.165, 1.54) is 6.26 Å². The molecule has 0 radical (unpaired) electrons. The normalized spacial score (nSPS) is 25.6. The van der Waals surface area contributed by atoms with Crippen molar-refractivity contribution < 1.29 is 17.9 Å². The Kier molecular flexibility index (Phi) is 6.64. The first-order valence-corrected chi connectivity index (χ1v) is 10.7. The molecule has 2 aliphatic rings. The second-order valence-electron chi connectivity index (χ2n) is 7.37. The van der Waals surface area contributed by atoms with Gasteiger partial charge in [-0.2, -0.15) is 0 Å². The van der Waals surface area contributed by atoms with E-state index in [1.807, 2.05) is 0 Å². The quantitative estimate of drug-likeness (QED) is 0.671. The van der Waals surface area contributed by atoms with Crippen LogP contribution in [0.5, 0.6) is 0 Å². The van der Waals surface area contributed by atoms with Gasteiger partial charge in [-0.1, -0.05) is 13.8 Å². The number of sulfone groups is 1. The van der Waals surface area contributed by atoms with Crippen LogP contribution in [0.4, 0.5) is 0 Å². The standard InChI is InChI=1S/C16H31N3O4S/c1-13(2)11-19-8-9-23-14(12-19)10-18-15(20)16(24(3,21)22)4-6-17-7-5-16/h13-14,17H,4-12H2,1-3H3,(H,18,20). The first-order valence-electron chi connectivity index (χ1n) is 8.77. The third-order valence-electron chi connectivity index (χ3n) is 4.87. The smallest absolute Gasteiger partial charge is 0.241 e. The monoisotopic (exact) mass is 361 g/mol. The van der Waals surface area contributed by atoms with Crippen LogP contribution in [-0.2, 0) is 19.4 Å². The maximum atomic E-state index is 12.7. The van der Waals surface area contributed by atoms with Crippen LogP contribution < -0.4 is 10.6 Å². The van der Waals surface area contributed by atoms with E-state index in [0.29, 0.717) is 45.0 Å². The zero-order chi connectivity index (χ0) is 17.8. The molecule has 140 valence electrons. The van der Waals surface area contributed by atoms with Gasteiger partial charge in [-0.3, -0.25) is 9.69 Å². The largest absolute Gasteiger partial charge is 0.374 e. The molecule has 2 heterocycles. The van der Waals surface area contributed by atoms with Crippen LogP contribution in [0.25, 0.3) is 0 Å². The van der Waals surface area contributed by atoms with Crippen molar-refractivity contribution in [1.29, 1.82) is 0 Å². The van der Waals surface area contributed by atoms with Gasteiger partial charge in [0.25, 0.3) is 0 Å². The fourth-order valence-corrected chi connectivity index (χ4v) is 4.91. The van der Waals surface area contributed by atoms with E-state index in [4.69, 9.17) is 4.74 Å². The molecule has 1 amide bonds. The molecule has 0 aliphatic carbocycles. The van der Waals surface area contributed by atoms with Gasteiger partial charge >= 0.3 is 0 Å². The van der Waals surface area contributed by atoms with Crippen molar-refractivity contribution in [3.63, 3.8) is 0 Å². The highest BCUT2D eigenvalue weighted by molar-refractivity contribution is 7.92. The highest BCUT2D eigenvalue weighted by atomic mass is 32.2. The maximum Gasteiger partial charge on any atom is 0.241 e. The Labute approximate surface area is 145 Å². The molecule has 0 saturated carbocycles. The SMILES string of the molecule is CC(C)CN1CCOC(CNC(=O)C2(S(C)(=O)=O)CCNCC2)C1. The summed E-state index contributed by atoms with van der Waals surface area (Å²) in [6, 6.07) is 0. The van der Waals surface area contributed by atoms with E-state index in [-0.39, 0.29) is 12.0 Å². The third-order valence-corrected chi connectivity index (χ3v) is 6.88. The van der Waals surface area contributed by atoms with Crippen LogP contribution in [0.15, 0.2) is 0 Å². The van der Waals surface area contributed by atoms with Gasteiger partial charge in [0.15, 0.2) is 14.6 Å². The number of rotatable bonds is 6. The van der Waals surface area contributed by atoms with Gasteiger partial charge in [-0.25, -0.2) is 8.42 Å². The van der Waals surface area contributed by atoms with E-state index in [9.17, 15) is 13.2 Å². The summed E-state index contributed by atoms with van der Waals surface area (Å²) in [6.07, 6.45) is 1.73. The van der Waals surface area contributed by atoms with Gasteiger partial charge in [0.1, 0.15) is 0 Å². The molecule has 0 bridgehead atoms. The number of amides is 1. The topological polar surface area (TPSA) is 87.7 Å². The average molecular weight is 362 g/mol. The average Bonchev–Trinajstić information content (AvgIpc) is 2.52. The van der Waals surface area contributed by atoms with Crippen LogP contribution in [0, 0.1) is 5.92 Å². The van der Waals surface area contributed by atoms with Gasteiger partial charge in [-0.15, -0.1) is 0 Å². The summed E-state index contributed by atoms with van der Waals surface area (Å²) in [5.41, 5.74) is 0. The van der Waals surface area contributed by atoms with E-state index in [1.54, 1.807) is 0 Å². The maximum absolute atomic E-state index is 12.7. The van der Waals surface area contributed by atoms with Crippen LogP contribution in [0.1, 0.15) is 26.7 Å². The minimum Gasteiger partial charge on any atom is -0.374 e. The lowest BCUT2D eigenvalue weighted by molar-refractivity contribution is -0.125.